The Morgan fingerprint density at radius 3 is 1.50 bits per heavy atom. The van der Waals surface area contributed by atoms with E-state index in [1.807, 2.05) is 0 Å². The summed E-state index contributed by atoms with van der Waals surface area (Å²) >= 11 is 0. The van der Waals surface area contributed by atoms with Crippen LogP contribution >= 0.6 is 0 Å². The topological polar surface area (TPSA) is 41.1 Å². The number of carbonyl (C=O) groups excluding carboxylic acids is 1. The zero-order valence-corrected chi connectivity index (χ0v) is 9.06. The highest BCUT2D eigenvalue weighted by atomic mass is 16.2. The summed E-state index contributed by atoms with van der Waals surface area (Å²) in [7, 11) is 0. The van der Waals surface area contributed by atoms with E-state index in [-0.39, 0.29) is 6.03 Å². The zero-order chi connectivity index (χ0) is 11.4. The molecule has 0 unspecified atom stereocenters. The molecule has 0 aromatic heterocycles. The first kappa shape index (κ1) is 12.4. The molecule has 0 saturated heterocycles. The first-order valence-electron chi connectivity index (χ1n) is 4.28. The van der Waals surface area contributed by atoms with Gasteiger partial charge in [0.05, 0.1) is 11.1 Å². The van der Waals surface area contributed by atoms with E-state index in [0.29, 0.717) is 0 Å². The van der Waals surface area contributed by atoms with E-state index in [1.165, 1.54) is 0 Å². The lowest BCUT2D eigenvalue weighted by Crippen LogP contribution is -2.53. The van der Waals surface area contributed by atoms with Gasteiger partial charge in [-0.25, -0.2) is 4.79 Å². The van der Waals surface area contributed by atoms with Crippen LogP contribution in [-0.2, 0) is 0 Å². The fourth-order valence-corrected chi connectivity index (χ4v) is 0.671. The minimum absolute atomic E-state index is 0.365. The molecule has 0 aliphatic rings. The van der Waals surface area contributed by atoms with Gasteiger partial charge < -0.3 is 10.6 Å². The van der Waals surface area contributed by atoms with Crippen LogP contribution in [0.1, 0.15) is 27.7 Å². The smallest absolute Gasteiger partial charge is 0.317 e. The Hall–Kier alpha value is -1.61. The van der Waals surface area contributed by atoms with Gasteiger partial charge in [0.2, 0.25) is 0 Å². The lowest BCUT2D eigenvalue weighted by atomic mass is 10.1. The molecule has 2 amide bonds. The summed E-state index contributed by atoms with van der Waals surface area (Å²) in [6.45, 7) is 6.93. The minimum Gasteiger partial charge on any atom is -0.322 e. The monoisotopic (exact) mass is 192 g/mol. The Labute approximate surface area is 85.6 Å². The Bertz CT molecular complexity index is 272. The Morgan fingerprint density at radius 1 is 1.00 bits per heavy atom. The third kappa shape index (κ3) is 4.42. The Kier molecular flexibility index (Phi) is 3.60. The molecule has 0 rings (SSSR count). The summed E-state index contributed by atoms with van der Waals surface area (Å²) in [5.41, 5.74) is -1.34. The summed E-state index contributed by atoms with van der Waals surface area (Å²) in [4.78, 5) is 11.4. The summed E-state index contributed by atoms with van der Waals surface area (Å²) in [5.74, 6) is 4.90. The van der Waals surface area contributed by atoms with Crippen molar-refractivity contribution in [1.29, 1.82) is 0 Å². The van der Waals surface area contributed by atoms with E-state index in [9.17, 15) is 4.79 Å². The fraction of sp³-hybridized carbons (Fsp3) is 0.545. The third-order valence-electron chi connectivity index (χ3n) is 1.57. The molecule has 0 saturated carbocycles. The van der Waals surface area contributed by atoms with Gasteiger partial charge in [-0.2, -0.15) is 0 Å². The molecule has 0 spiro atoms. The fourth-order valence-electron chi connectivity index (χ4n) is 0.671. The van der Waals surface area contributed by atoms with Crippen LogP contribution < -0.4 is 10.6 Å². The number of rotatable bonds is 2. The molecule has 3 nitrogen and oxygen atoms in total. The number of urea groups is 1. The third-order valence-corrected chi connectivity index (χ3v) is 1.57. The van der Waals surface area contributed by atoms with E-state index < -0.39 is 11.1 Å². The van der Waals surface area contributed by atoms with Crippen LogP contribution in [-0.4, -0.2) is 17.1 Å². The van der Waals surface area contributed by atoms with Gasteiger partial charge in [0, 0.05) is 0 Å². The summed E-state index contributed by atoms with van der Waals surface area (Å²) < 4.78 is 0. The molecule has 14 heavy (non-hydrogen) atoms. The van der Waals surface area contributed by atoms with Gasteiger partial charge in [-0.3, -0.25) is 0 Å². The maximum Gasteiger partial charge on any atom is 0.317 e. The van der Waals surface area contributed by atoms with Crippen molar-refractivity contribution in [2.24, 2.45) is 0 Å². The van der Waals surface area contributed by atoms with Crippen LogP contribution in [0.3, 0.4) is 0 Å². The molecule has 0 atom stereocenters. The van der Waals surface area contributed by atoms with Crippen LogP contribution in [0.25, 0.3) is 0 Å². The highest BCUT2D eigenvalue weighted by Gasteiger charge is 2.21. The standard InChI is InChI=1S/C11H16N2O/c1-7-10(3,4)12-9(14)13-11(5,6)8-2/h1-2H,3-6H3,(H2,12,13,14). The van der Waals surface area contributed by atoms with Gasteiger partial charge >= 0.3 is 6.03 Å². The SMILES string of the molecule is C#CC(C)(C)NC(=O)NC(C)(C)C#C. The van der Waals surface area contributed by atoms with E-state index in [1.54, 1.807) is 27.7 Å². The van der Waals surface area contributed by atoms with Crippen molar-refractivity contribution in [2.45, 2.75) is 38.8 Å². The average Bonchev–Trinajstić information content (AvgIpc) is 2.02. The van der Waals surface area contributed by atoms with Crippen LogP contribution in [0.5, 0.6) is 0 Å². The summed E-state index contributed by atoms with van der Waals surface area (Å²) in [6.07, 6.45) is 10.4. The Morgan fingerprint density at radius 2 is 1.29 bits per heavy atom. The lowest BCUT2D eigenvalue weighted by Gasteiger charge is -2.24. The van der Waals surface area contributed by atoms with Crippen molar-refractivity contribution >= 4 is 6.03 Å². The molecule has 0 heterocycles. The molecule has 0 aromatic rings. The van der Waals surface area contributed by atoms with Crippen molar-refractivity contribution in [3.8, 4) is 24.7 Å². The molecular weight excluding hydrogens is 176 g/mol. The number of hydrogen-bond acceptors (Lipinski definition) is 1. The highest BCUT2D eigenvalue weighted by molar-refractivity contribution is 5.76. The lowest BCUT2D eigenvalue weighted by molar-refractivity contribution is 0.229. The van der Waals surface area contributed by atoms with Crippen LogP contribution in [0.15, 0.2) is 0 Å². The van der Waals surface area contributed by atoms with E-state index in [0.717, 1.165) is 0 Å². The zero-order valence-electron chi connectivity index (χ0n) is 9.06. The van der Waals surface area contributed by atoms with Crippen molar-refractivity contribution < 1.29 is 4.79 Å². The van der Waals surface area contributed by atoms with Gasteiger partial charge in [0.1, 0.15) is 0 Å². The van der Waals surface area contributed by atoms with Crippen molar-refractivity contribution in [1.82, 2.24) is 10.6 Å². The van der Waals surface area contributed by atoms with Crippen molar-refractivity contribution in [3.05, 3.63) is 0 Å². The van der Waals surface area contributed by atoms with E-state index in [2.05, 4.69) is 22.5 Å². The maximum absolute atomic E-state index is 11.4. The van der Waals surface area contributed by atoms with Crippen molar-refractivity contribution in [2.75, 3.05) is 0 Å². The Balaban J connectivity index is 4.30. The quantitative estimate of drug-likeness (QED) is 0.632. The van der Waals surface area contributed by atoms with Gasteiger partial charge in [-0.1, -0.05) is 11.8 Å². The molecule has 0 bridgehead atoms. The van der Waals surface area contributed by atoms with Crippen LogP contribution in [0.2, 0.25) is 0 Å². The number of nitrogens with one attached hydrogen (secondary N) is 2. The largest absolute Gasteiger partial charge is 0.322 e. The second kappa shape index (κ2) is 4.07. The second-order valence-electron chi connectivity index (χ2n) is 4.12. The molecular formula is C11H16N2O. The van der Waals surface area contributed by atoms with Crippen LogP contribution in [0, 0.1) is 24.7 Å². The first-order valence-corrected chi connectivity index (χ1v) is 4.28. The first-order chi connectivity index (χ1) is 6.22. The van der Waals surface area contributed by atoms with E-state index in [4.69, 9.17) is 12.8 Å². The average molecular weight is 192 g/mol. The second-order valence-corrected chi connectivity index (χ2v) is 4.12. The molecule has 76 valence electrons. The van der Waals surface area contributed by atoms with Gasteiger partial charge in [0.15, 0.2) is 0 Å². The molecule has 0 radical (unpaired) electrons. The number of hydrogen-bond donors (Lipinski definition) is 2. The normalized spacial score (nSPS) is 11.0. The van der Waals surface area contributed by atoms with E-state index >= 15 is 0 Å². The van der Waals surface area contributed by atoms with Gasteiger partial charge in [-0.05, 0) is 27.7 Å². The maximum atomic E-state index is 11.4. The number of carbonyl (C=O) groups is 1. The predicted molar refractivity (Wildman–Crippen MR) is 57.5 cm³/mol. The molecule has 0 aliphatic carbocycles. The van der Waals surface area contributed by atoms with Crippen LogP contribution in [0.4, 0.5) is 4.79 Å². The molecule has 0 aromatic carbocycles. The summed E-state index contributed by atoms with van der Waals surface area (Å²) in [5, 5.41) is 5.23. The summed E-state index contributed by atoms with van der Waals surface area (Å²) in [6, 6.07) is -0.365. The van der Waals surface area contributed by atoms with Gasteiger partial charge in [-0.15, -0.1) is 12.8 Å². The number of amides is 2. The number of terminal acetylenes is 2. The molecule has 2 N–H and O–H groups in total. The minimum atomic E-state index is -0.672. The predicted octanol–water partition coefficient (Wildman–Crippen LogP) is 1.11. The van der Waals surface area contributed by atoms with Gasteiger partial charge in [0.25, 0.3) is 0 Å². The molecule has 0 aliphatic heterocycles. The highest BCUT2D eigenvalue weighted by Crippen LogP contribution is 2.01. The molecule has 3 heteroatoms. The molecule has 0 fully saturated rings. The van der Waals surface area contributed by atoms with Crippen molar-refractivity contribution in [3.63, 3.8) is 0 Å².